The van der Waals surface area contributed by atoms with Gasteiger partial charge in [0, 0.05) is 38.4 Å². The number of nitrogens with one attached hydrogen (secondary N) is 1. The molecule has 2 aromatic heterocycles. The van der Waals surface area contributed by atoms with Crippen LogP contribution in [-0.2, 0) is 7.05 Å². The molecule has 0 saturated carbocycles. The topological polar surface area (TPSA) is 75.9 Å². The number of rotatable bonds is 3. The average Bonchev–Trinajstić information content (AvgIpc) is 2.52. The summed E-state index contributed by atoms with van der Waals surface area (Å²) in [5, 5.41) is 3.41. The lowest BCUT2D eigenvalue weighted by Crippen LogP contribution is -2.40. The van der Waals surface area contributed by atoms with Crippen molar-refractivity contribution in [1.82, 2.24) is 19.5 Å². The fourth-order valence-electron chi connectivity index (χ4n) is 2.46. The Kier molecular flexibility index (Phi) is 3.81. The zero-order valence-electron chi connectivity index (χ0n) is 11.9. The van der Waals surface area contributed by atoms with E-state index in [1.807, 2.05) is 6.07 Å². The van der Waals surface area contributed by atoms with Crippen molar-refractivity contribution in [2.24, 2.45) is 7.05 Å². The van der Waals surface area contributed by atoms with Crippen molar-refractivity contribution in [2.75, 3.05) is 23.3 Å². The third kappa shape index (κ3) is 3.18. The molecule has 1 fully saturated rings. The first-order chi connectivity index (χ1) is 10.2. The van der Waals surface area contributed by atoms with Gasteiger partial charge >= 0.3 is 0 Å². The van der Waals surface area contributed by atoms with Crippen molar-refractivity contribution in [3.63, 3.8) is 0 Å². The highest BCUT2D eigenvalue weighted by Crippen LogP contribution is 2.18. The standard InChI is InChI=1S/C14H18N6O/c1-19-10-17-13(8-14(19)21)20-6-3-11(4-7-20)18-12-2-5-15-9-16-12/h2,5,8-11H,3-4,6-7H2,1H3,(H,15,16,18). The zero-order valence-corrected chi connectivity index (χ0v) is 11.9. The van der Waals surface area contributed by atoms with Gasteiger partial charge in [-0.05, 0) is 18.9 Å². The van der Waals surface area contributed by atoms with Gasteiger partial charge in [0.05, 0.1) is 6.33 Å². The van der Waals surface area contributed by atoms with Crippen LogP contribution in [0.5, 0.6) is 0 Å². The Morgan fingerprint density at radius 2 is 2.10 bits per heavy atom. The molecule has 0 unspecified atom stereocenters. The van der Waals surface area contributed by atoms with E-state index in [0.717, 1.165) is 37.6 Å². The van der Waals surface area contributed by atoms with E-state index in [1.54, 1.807) is 32.0 Å². The maximum Gasteiger partial charge on any atom is 0.255 e. The van der Waals surface area contributed by atoms with E-state index in [0.29, 0.717) is 6.04 Å². The Bertz CT molecular complexity index is 648. The van der Waals surface area contributed by atoms with Crippen LogP contribution in [0.15, 0.2) is 35.8 Å². The van der Waals surface area contributed by atoms with Gasteiger partial charge in [-0.2, -0.15) is 0 Å². The molecular weight excluding hydrogens is 268 g/mol. The minimum Gasteiger partial charge on any atom is -0.367 e. The molecule has 3 heterocycles. The Labute approximate surface area is 122 Å². The fraction of sp³-hybridized carbons (Fsp3) is 0.429. The molecule has 7 heteroatoms. The van der Waals surface area contributed by atoms with Gasteiger partial charge in [0.25, 0.3) is 5.56 Å². The fourth-order valence-corrected chi connectivity index (χ4v) is 2.46. The summed E-state index contributed by atoms with van der Waals surface area (Å²) in [5.74, 6) is 1.62. The first-order valence-electron chi connectivity index (χ1n) is 7.02. The monoisotopic (exact) mass is 286 g/mol. The Morgan fingerprint density at radius 3 is 2.76 bits per heavy atom. The Balaban J connectivity index is 1.60. The lowest BCUT2D eigenvalue weighted by Gasteiger charge is -2.33. The number of hydrogen-bond donors (Lipinski definition) is 1. The highest BCUT2D eigenvalue weighted by Gasteiger charge is 2.20. The van der Waals surface area contributed by atoms with Gasteiger partial charge in [0.2, 0.25) is 0 Å². The maximum absolute atomic E-state index is 11.7. The molecule has 1 N–H and O–H groups in total. The molecule has 3 rings (SSSR count). The van der Waals surface area contributed by atoms with Crippen LogP contribution < -0.4 is 15.8 Å². The van der Waals surface area contributed by atoms with Crippen LogP contribution in [0, 0.1) is 0 Å². The van der Waals surface area contributed by atoms with Gasteiger partial charge < -0.3 is 14.8 Å². The summed E-state index contributed by atoms with van der Waals surface area (Å²) < 4.78 is 1.48. The molecule has 0 bridgehead atoms. The van der Waals surface area contributed by atoms with E-state index < -0.39 is 0 Å². The third-order valence-corrected chi connectivity index (χ3v) is 3.72. The van der Waals surface area contributed by atoms with Crippen molar-refractivity contribution >= 4 is 11.6 Å². The number of aryl methyl sites for hydroxylation is 1. The molecule has 21 heavy (non-hydrogen) atoms. The van der Waals surface area contributed by atoms with Crippen LogP contribution in [0.1, 0.15) is 12.8 Å². The summed E-state index contributed by atoms with van der Waals surface area (Å²) in [7, 11) is 1.71. The van der Waals surface area contributed by atoms with Gasteiger partial charge in [0.15, 0.2) is 0 Å². The first-order valence-corrected chi connectivity index (χ1v) is 7.02. The maximum atomic E-state index is 11.7. The van der Waals surface area contributed by atoms with Crippen LogP contribution in [0.3, 0.4) is 0 Å². The van der Waals surface area contributed by atoms with Gasteiger partial charge in [-0.15, -0.1) is 0 Å². The predicted molar refractivity (Wildman–Crippen MR) is 80.4 cm³/mol. The number of nitrogens with zero attached hydrogens (tertiary/aromatic N) is 5. The van der Waals surface area contributed by atoms with Crippen LogP contribution in [0.25, 0.3) is 0 Å². The molecule has 110 valence electrons. The predicted octanol–water partition coefficient (Wildman–Crippen LogP) is 0.651. The Hall–Kier alpha value is -2.44. The second-order valence-corrected chi connectivity index (χ2v) is 5.20. The van der Waals surface area contributed by atoms with Crippen molar-refractivity contribution in [1.29, 1.82) is 0 Å². The molecule has 1 aliphatic rings. The smallest absolute Gasteiger partial charge is 0.255 e. The van der Waals surface area contributed by atoms with Crippen LogP contribution in [0.4, 0.5) is 11.6 Å². The Morgan fingerprint density at radius 1 is 1.29 bits per heavy atom. The van der Waals surface area contributed by atoms with Crippen molar-refractivity contribution in [2.45, 2.75) is 18.9 Å². The van der Waals surface area contributed by atoms with Crippen LogP contribution in [-0.4, -0.2) is 38.7 Å². The third-order valence-electron chi connectivity index (χ3n) is 3.72. The van der Waals surface area contributed by atoms with Crippen LogP contribution in [0.2, 0.25) is 0 Å². The van der Waals surface area contributed by atoms with E-state index in [9.17, 15) is 4.79 Å². The summed E-state index contributed by atoms with van der Waals surface area (Å²) in [6, 6.07) is 3.86. The number of piperidine rings is 1. The van der Waals surface area contributed by atoms with Crippen molar-refractivity contribution in [3.8, 4) is 0 Å². The summed E-state index contributed by atoms with van der Waals surface area (Å²) in [5.41, 5.74) is -0.0266. The van der Waals surface area contributed by atoms with E-state index in [2.05, 4.69) is 25.2 Å². The molecule has 0 amide bonds. The first kappa shape index (κ1) is 13.5. The molecule has 0 atom stereocenters. The second-order valence-electron chi connectivity index (χ2n) is 5.20. The molecule has 2 aromatic rings. The molecular formula is C14H18N6O. The highest BCUT2D eigenvalue weighted by molar-refractivity contribution is 5.39. The second kappa shape index (κ2) is 5.90. The van der Waals surface area contributed by atoms with E-state index in [1.165, 1.54) is 4.57 Å². The molecule has 0 radical (unpaired) electrons. The summed E-state index contributed by atoms with van der Waals surface area (Å²) in [6.45, 7) is 1.76. The molecule has 7 nitrogen and oxygen atoms in total. The number of aromatic nitrogens is 4. The summed E-state index contributed by atoms with van der Waals surface area (Å²) in [4.78, 5) is 26.2. The van der Waals surface area contributed by atoms with Crippen LogP contribution >= 0.6 is 0 Å². The normalized spacial score (nSPS) is 16.0. The van der Waals surface area contributed by atoms with E-state index in [4.69, 9.17) is 0 Å². The lowest BCUT2D eigenvalue weighted by molar-refractivity contribution is 0.521. The minimum atomic E-state index is -0.0266. The quantitative estimate of drug-likeness (QED) is 0.893. The lowest BCUT2D eigenvalue weighted by atomic mass is 10.1. The summed E-state index contributed by atoms with van der Waals surface area (Å²) >= 11 is 0. The highest BCUT2D eigenvalue weighted by atomic mass is 16.1. The number of hydrogen-bond acceptors (Lipinski definition) is 6. The molecule has 1 aliphatic heterocycles. The van der Waals surface area contributed by atoms with E-state index >= 15 is 0 Å². The molecule has 0 aromatic carbocycles. The average molecular weight is 286 g/mol. The van der Waals surface area contributed by atoms with Gasteiger partial charge in [-0.25, -0.2) is 15.0 Å². The van der Waals surface area contributed by atoms with Crippen molar-refractivity contribution < 1.29 is 0 Å². The SMILES string of the molecule is Cn1cnc(N2CCC(Nc3ccncn3)CC2)cc1=O. The zero-order chi connectivity index (χ0) is 14.7. The molecule has 0 aliphatic carbocycles. The molecule has 0 spiro atoms. The number of anilines is 2. The summed E-state index contributed by atoms with van der Waals surface area (Å²) in [6.07, 6.45) is 6.82. The molecule has 1 saturated heterocycles. The van der Waals surface area contributed by atoms with Crippen molar-refractivity contribution in [3.05, 3.63) is 41.3 Å². The minimum absolute atomic E-state index is 0.0266. The van der Waals surface area contributed by atoms with Gasteiger partial charge in [0.1, 0.15) is 18.0 Å². The largest absolute Gasteiger partial charge is 0.367 e. The van der Waals surface area contributed by atoms with Gasteiger partial charge in [-0.3, -0.25) is 4.79 Å². The van der Waals surface area contributed by atoms with Gasteiger partial charge in [-0.1, -0.05) is 0 Å². The van der Waals surface area contributed by atoms with E-state index in [-0.39, 0.29) is 5.56 Å².